The van der Waals surface area contributed by atoms with Gasteiger partial charge in [-0.3, -0.25) is 14.8 Å². The Hall–Kier alpha value is -4.12. The molecule has 0 aromatic heterocycles. The number of esters is 1. The van der Waals surface area contributed by atoms with Crippen LogP contribution in [0.1, 0.15) is 57.3 Å². The van der Waals surface area contributed by atoms with E-state index in [0.29, 0.717) is 29.9 Å². The van der Waals surface area contributed by atoms with Crippen molar-refractivity contribution in [2.45, 2.75) is 57.3 Å². The van der Waals surface area contributed by atoms with Crippen LogP contribution in [0.3, 0.4) is 0 Å². The first kappa shape index (κ1) is 28.5. The number of azide groups is 1. The third-order valence-corrected chi connectivity index (χ3v) is 5.63. The Kier molecular flexibility index (Phi) is 9.30. The lowest BCUT2D eigenvalue weighted by atomic mass is 9.83. The summed E-state index contributed by atoms with van der Waals surface area (Å²) in [5.74, 6) is -0.811. The standard InChI is InChI=1S/C26H31N5O7/c1-25(2,3)38-21(33)13-14-26(24(34)30-35)22(19-7-4-5-8-20(19)29-31-27)37-23(28-26)17-9-11-18(12-10-17)36-16-6-15-32/h4-5,7-12,22,32,35H,6,13-16H2,1-3H3,(H,30,34)/t22-,26-/m0/s1. The zero-order valence-corrected chi connectivity index (χ0v) is 21.5. The van der Waals surface area contributed by atoms with E-state index in [0.717, 1.165) is 0 Å². The van der Waals surface area contributed by atoms with Gasteiger partial charge < -0.3 is 19.3 Å². The number of aliphatic hydroxyl groups is 1. The normalized spacial score (nSPS) is 18.6. The molecule has 1 aliphatic heterocycles. The van der Waals surface area contributed by atoms with Crippen molar-refractivity contribution in [1.29, 1.82) is 0 Å². The minimum absolute atomic E-state index is 0.0136. The number of benzene rings is 2. The summed E-state index contributed by atoms with van der Waals surface area (Å²) in [6.07, 6.45) is -1.03. The van der Waals surface area contributed by atoms with Crippen LogP contribution in [0.2, 0.25) is 0 Å². The summed E-state index contributed by atoms with van der Waals surface area (Å²) in [5, 5.41) is 22.3. The molecule has 3 rings (SSSR count). The molecular formula is C26H31N5O7. The quantitative estimate of drug-likeness (QED) is 0.0746. The maximum absolute atomic E-state index is 13.2. The fourth-order valence-electron chi connectivity index (χ4n) is 3.98. The first-order chi connectivity index (χ1) is 18.1. The molecule has 1 aliphatic rings. The van der Waals surface area contributed by atoms with Gasteiger partial charge in [-0.15, -0.1) is 0 Å². The van der Waals surface area contributed by atoms with E-state index in [2.05, 4.69) is 15.0 Å². The van der Waals surface area contributed by atoms with E-state index < -0.39 is 29.1 Å². The molecule has 0 unspecified atom stereocenters. The zero-order valence-electron chi connectivity index (χ0n) is 21.5. The molecule has 38 heavy (non-hydrogen) atoms. The highest BCUT2D eigenvalue weighted by Crippen LogP contribution is 2.46. The second-order valence-corrected chi connectivity index (χ2v) is 9.56. The number of nitrogens with zero attached hydrogens (tertiary/aromatic N) is 4. The number of aliphatic imine (C=N–C) groups is 1. The van der Waals surface area contributed by atoms with Crippen LogP contribution in [0.25, 0.3) is 10.4 Å². The summed E-state index contributed by atoms with van der Waals surface area (Å²) in [6.45, 7) is 5.54. The summed E-state index contributed by atoms with van der Waals surface area (Å²) >= 11 is 0. The minimum atomic E-state index is -1.79. The van der Waals surface area contributed by atoms with Crippen LogP contribution in [0, 0.1) is 0 Å². The number of amides is 1. The predicted molar refractivity (Wildman–Crippen MR) is 137 cm³/mol. The lowest BCUT2D eigenvalue weighted by Crippen LogP contribution is -2.47. The highest BCUT2D eigenvalue weighted by Gasteiger charge is 2.54. The van der Waals surface area contributed by atoms with E-state index >= 15 is 0 Å². The van der Waals surface area contributed by atoms with Gasteiger partial charge in [-0.1, -0.05) is 29.4 Å². The fraction of sp³-hybridized carbons (Fsp3) is 0.423. The van der Waals surface area contributed by atoms with Gasteiger partial charge in [0.25, 0.3) is 5.91 Å². The van der Waals surface area contributed by atoms with Crippen LogP contribution >= 0.6 is 0 Å². The third kappa shape index (κ3) is 6.80. The number of carbonyl (C=O) groups excluding carboxylic acids is 2. The summed E-state index contributed by atoms with van der Waals surface area (Å²) in [5.41, 5.74) is 9.26. The molecule has 0 saturated heterocycles. The number of hydroxylamine groups is 1. The fourth-order valence-corrected chi connectivity index (χ4v) is 3.98. The molecule has 0 saturated carbocycles. The Labute approximate surface area is 219 Å². The van der Waals surface area contributed by atoms with Crippen molar-refractivity contribution in [2.75, 3.05) is 13.2 Å². The number of hydrogen-bond acceptors (Lipinski definition) is 9. The molecule has 3 N–H and O–H groups in total. The molecule has 2 atom stereocenters. The molecule has 0 radical (unpaired) electrons. The van der Waals surface area contributed by atoms with Gasteiger partial charge in [0.05, 0.1) is 6.61 Å². The predicted octanol–water partition coefficient (Wildman–Crippen LogP) is 4.27. The summed E-state index contributed by atoms with van der Waals surface area (Å²) in [6, 6.07) is 13.3. The van der Waals surface area contributed by atoms with E-state index in [9.17, 15) is 14.8 Å². The van der Waals surface area contributed by atoms with Gasteiger partial charge in [0.1, 0.15) is 11.4 Å². The Morgan fingerprint density at radius 2 is 1.92 bits per heavy atom. The van der Waals surface area contributed by atoms with Crippen molar-refractivity contribution < 1.29 is 34.1 Å². The molecule has 0 spiro atoms. The van der Waals surface area contributed by atoms with Gasteiger partial charge >= 0.3 is 5.97 Å². The van der Waals surface area contributed by atoms with Crippen LogP contribution in [-0.2, 0) is 19.1 Å². The second kappa shape index (κ2) is 12.4. The van der Waals surface area contributed by atoms with Crippen molar-refractivity contribution in [1.82, 2.24) is 5.48 Å². The number of ether oxygens (including phenoxy) is 3. The molecule has 2 aromatic carbocycles. The van der Waals surface area contributed by atoms with Gasteiger partial charge in [-0.25, -0.2) is 10.5 Å². The largest absolute Gasteiger partial charge is 0.494 e. The number of aliphatic hydroxyl groups excluding tert-OH is 1. The van der Waals surface area contributed by atoms with E-state index in [1.165, 1.54) is 0 Å². The lowest BCUT2D eigenvalue weighted by molar-refractivity contribution is -0.155. The maximum Gasteiger partial charge on any atom is 0.306 e. The minimum Gasteiger partial charge on any atom is -0.494 e. The van der Waals surface area contributed by atoms with E-state index in [1.807, 2.05) is 0 Å². The van der Waals surface area contributed by atoms with Crippen molar-refractivity contribution >= 4 is 23.5 Å². The van der Waals surface area contributed by atoms with Crippen LogP contribution in [0.15, 0.2) is 58.6 Å². The van der Waals surface area contributed by atoms with Crippen molar-refractivity contribution in [3.05, 3.63) is 70.1 Å². The van der Waals surface area contributed by atoms with Gasteiger partial charge in [0.2, 0.25) is 5.90 Å². The summed E-state index contributed by atoms with van der Waals surface area (Å²) in [4.78, 5) is 33.3. The molecule has 12 heteroatoms. The van der Waals surface area contributed by atoms with Gasteiger partial charge in [0, 0.05) is 41.2 Å². The van der Waals surface area contributed by atoms with E-state index in [-0.39, 0.29) is 31.0 Å². The van der Waals surface area contributed by atoms with Gasteiger partial charge in [-0.05, 0) is 57.0 Å². The summed E-state index contributed by atoms with van der Waals surface area (Å²) < 4.78 is 17.2. The van der Waals surface area contributed by atoms with Crippen LogP contribution in [-0.4, -0.2) is 52.4 Å². The molecule has 0 aliphatic carbocycles. The topological polar surface area (TPSA) is 175 Å². The maximum atomic E-state index is 13.2. The van der Waals surface area contributed by atoms with Crippen LogP contribution in [0.5, 0.6) is 5.75 Å². The molecule has 2 aromatic rings. The number of nitrogens with one attached hydrogen (secondary N) is 1. The molecule has 0 fully saturated rings. The Morgan fingerprint density at radius 1 is 1.21 bits per heavy atom. The molecule has 1 heterocycles. The van der Waals surface area contributed by atoms with Crippen molar-refractivity contribution in [2.24, 2.45) is 10.1 Å². The Morgan fingerprint density at radius 3 is 2.55 bits per heavy atom. The molecular weight excluding hydrogens is 494 g/mol. The second-order valence-electron chi connectivity index (χ2n) is 9.56. The molecule has 202 valence electrons. The van der Waals surface area contributed by atoms with E-state index in [1.54, 1.807) is 74.8 Å². The van der Waals surface area contributed by atoms with E-state index in [4.69, 9.17) is 24.8 Å². The average molecular weight is 526 g/mol. The molecule has 1 amide bonds. The van der Waals surface area contributed by atoms with Crippen LogP contribution < -0.4 is 10.2 Å². The van der Waals surface area contributed by atoms with Gasteiger partial charge in [0.15, 0.2) is 11.6 Å². The first-order valence-corrected chi connectivity index (χ1v) is 12.0. The smallest absolute Gasteiger partial charge is 0.306 e. The monoisotopic (exact) mass is 525 g/mol. The average Bonchev–Trinajstić information content (AvgIpc) is 3.28. The summed E-state index contributed by atoms with van der Waals surface area (Å²) in [7, 11) is 0. The first-order valence-electron chi connectivity index (χ1n) is 12.0. The molecule has 0 bridgehead atoms. The highest BCUT2D eigenvalue weighted by atomic mass is 16.6. The third-order valence-electron chi connectivity index (χ3n) is 5.63. The zero-order chi connectivity index (χ0) is 27.8. The number of rotatable bonds is 11. The van der Waals surface area contributed by atoms with Crippen molar-refractivity contribution in [3.8, 4) is 5.75 Å². The number of carbonyl (C=O) groups is 2. The SMILES string of the molecule is CC(C)(C)OC(=O)CC[C@]1(C(=O)NO)N=C(c2ccc(OCCCO)cc2)O[C@H]1c1ccccc1N=[N+]=[N-]. The van der Waals surface area contributed by atoms with Crippen molar-refractivity contribution in [3.63, 3.8) is 0 Å². The van der Waals surface area contributed by atoms with Gasteiger partial charge in [-0.2, -0.15) is 0 Å². The molecule has 12 nitrogen and oxygen atoms in total. The Bertz CT molecular complexity index is 1220. The lowest BCUT2D eigenvalue weighted by Gasteiger charge is -2.30. The van der Waals surface area contributed by atoms with Crippen LogP contribution in [0.4, 0.5) is 5.69 Å². The number of hydrogen-bond donors (Lipinski definition) is 3. The Balaban J connectivity index is 2.04. The highest BCUT2D eigenvalue weighted by molar-refractivity contribution is 6.01.